The largest absolute Gasteiger partial charge is 0.494 e. The molecule has 1 aromatic rings. The van der Waals surface area contributed by atoms with Crippen molar-refractivity contribution in [3.8, 4) is 5.75 Å². The SMILES string of the molecule is CCOC(=O)C(CCCCOc1ccccc1)N=O. The van der Waals surface area contributed by atoms with Crippen LogP contribution >= 0.6 is 0 Å². The van der Waals surface area contributed by atoms with Gasteiger partial charge in [0.25, 0.3) is 0 Å². The summed E-state index contributed by atoms with van der Waals surface area (Å²) in [5, 5.41) is 2.80. The van der Waals surface area contributed by atoms with Crippen molar-refractivity contribution in [3.05, 3.63) is 35.2 Å². The first-order valence-corrected chi connectivity index (χ1v) is 6.45. The van der Waals surface area contributed by atoms with Crippen molar-refractivity contribution in [1.82, 2.24) is 0 Å². The molecule has 0 saturated heterocycles. The summed E-state index contributed by atoms with van der Waals surface area (Å²) in [6.07, 6.45) is 1.86. The third-order valence-corrected chi connectivity index (χ3v) is 2.57. The van der Waals surface area contributed by atoms with Crippen LogP contribution in [0.2, 0.25) is 0 Å². The fourth-order valence-electron chi connectivity index (χ4n) is 1.60. The van der Waals surface area contributed by atoms with Gasteiger partial charge < -0.3 is 9.47 Å². The van der Waals surface area contributed by atoms with Crippen LogP contribution in [0.5, 0.6) is 5.75 Å². The lowest BCUT2D eigenvalue weighted by atomic mass is 10.1. The van der Waals surface area contributed by atoms with Crippen LogP contribution in [0.3, 0.4) is 0 Å². The van der Waals surface area contributed by atoms with Crippen LogP contribution in [0.4, 0.5) is 0 Å². The van der Waals surface area contributed by atoms with Gasteiger partial charge in [0.05, 0.1) is 13.2 Å². The summed E-state index contributed by atoms with van der Waals surface area (Å²) in [4.78, 5) is 21.8. The van der Waals surface area contributed by atoms with Crippen LogP contribution in [0.1, 0.15) is 26.2 Å². The summed E-state index contributed by atoms with van der Waals surface area (Å²) >= 11 is 0. The molecule has 0 aromatic heterocycles. The Bertz CT molecular complexity index is 380. The van der Waals surface area contributed by atoms with E-state index in [9.17, 15) is 9.70 Å². The summed E-state index contributed by atoms with van der Waals surface area (Å²) in [6, 6.07) is 8.61. The Balaban J connectivity index is 2.15. The van der Waals surface area contributed by atoms with Crippen molar-refractivity contribution >= 4 is 5.97 Å². The maximum Gasteiger partial charge on any atom is 0.334 e. The van der Waals surface area contributed by atoms with E-state index in [4.69, 9.17) is 9.47 Å². The van der Waals surface area contributed by atoms with Gasteiger partial charge in [-0.3, -0.25) is 0 Å². The Labute approximate surface area is 112 Å². The number of ether oxygens (including phenoxy) is 2. The molecule has 0 N–H and O–H groups in total. The van der Waals surface area contributed by atoms with Crippen LogP contribution in [0.15, 0.2) is 35.5 Å². The van der Waals surface area contributed by atoms with E-state index in [-0.39, 0.29) is 6.61 Å². The molecule has 5 nitrogen and oxygen atoms in total. The van der Waals surface area contributed by atoms with Gasteiger partial charge in [0.1, 0.15) is 5.75 Å². The highest BCUT2D eigenvalue weighted by atomic mass is 16.5. The second-order valence-corrected chi connectivity index (χ2v) is 4.03. The van der Waals surface area contributed by atoms with Crippen LogP contribution < -0.4 is 4.74 Å². The van der Waals surface area contributed by atoms with E-state index < -0.39 is 12.0 Å². The Morgan fingerprint density at radius 1 is 1.26 bits per heavy atom. The summed E-state index contributed by atoms with van der Waals surface area (Å²) in [5.41, 5.74) is 0. The molecule has 0 radical (unpaired) electrons. The van der Waals surface area contributed by atoms with Gasteiger partial charge in [0.2, 0.25) is 0 Å². The van der Waals surface area contributed by atoms with Gasteiger partial charge in [-0.15, -0.1) is 4.91 Å². The maximum absolute atomic E-state index is 11.3. The summed E-state index contributed by atoms with van der Waals surface area (Å²) in [5.74, 6) is 0.277. The average molecular weight is 265 g/mol. The molecule has 1 aromatic carbocycles. The molecule has 19 heavy (non-hydrogen) atoms. The predicted octanol–water partition coefficient (Wildman–Crippen LogP) is 2.93. The number of nitroso groups, excluding NO2 is 1. The number of carbonyl (C=O) groups excluding carboxylic acids is 1. The molecule has 0 fully saturated rings. The first-order chi connectivity index (χ1) is 9.27. The van der Waals surface area contributed by atoms with Gasteiger partial charge in [0, 0.05) is 0 Å². The maximum atomic E-state index is 11.3. The molecule has 0 heterocycles. The minimum atomic E-state index is -0.892. The number of benzene rings is 1. The summed E-state index contributed by atoms with van der Waals surface area (Å²) in [7, 11) is 0. The second-order valence-electron chi connectivity index (χ2n) is 4.03. The van der Waals surface area contributed by atoms with Crippen molar-refractivity contribution in [1.29, 1.82) is 0 Å². The molecule has 1 unspecified atom stereocenters. The van der Waals surface area contributed by atoms with E-state index in [0.717, 1.165) is 12.2 Å². The van der Waals surface area contributed by atoms with Crippen molar-refractivity contribution in [2.24, 2.45) is 5.18 Å². The van der Waals surface area contributed by atoms with Crippen LogP contribution in [0, 0.1) is 4.91 Å². The number of carbonyl (C=O) groups is 1. The molecule has 0 saturated carbocycles. The highest BCUT2D eigenvalue weighted by Gasteiger charge is 2.19. The molecule has 0 aliphatic rings. The van der Waals surface area contributed by atoms with Crippen molar-refractivity contribution in [2.75, 3.05) is 13.2 Å². The van der Waals surface area contributed by atoms with Gasteiger partial charge in [0.15, 0.2) is 6.04 Å². The number of para-hydroxylation sites is 1. The number of rotatable bonds is 9. The molecule has 0 spiro atoms. The number of nitrogens with zero attached hydrogens (tertiary/aromatic N) is 1. The first kappa shape index (κ1) is 15.1. The minimum Gasteiger partial charge on any atom is -0.494 e. The standard InChI is InChI=1S/C14H19NO4/c1-2-18-14(16)13(15-17)10-6-7-11-19-12-8-4-3-5-9-12/h3-5,8-9,13H,2,6-7,10-11H2,1H3. The second kappa shape index (κ2) is 9.08. The number of unbranched alkanes of at least 4 members (excludes halogenated alkanes) is 1. The highest BCUT2D eigenvalue weighted by molar-refractivity contribution is 5.75. The average Bonchev–Trinajstić information content (AvgIpc) is 2.44. The number of hydrogen-bond acceptors (Lipinski definition) is 5. The van der Waals surface area contributed by atoms with Gasteiger partial charge in [-0.25, -0.2) is 4.79 Å². The van der Waals surface area contributed by atoms with E-state index in [1.165, 1.54) is 0 Å². The lowest BCUT2D eigenvalue weighted by Gasteiger charge is -2.08. The molecule has 0 bridgehead atoms. The monoisotopic (exact) mass is 265 g/mol. The highest BCUT2D eigenvalue weighted by Crippen LogP contribution is 2.11. The topological polar surface area (TPSA) is 65.0 Å². The van der Waals surface area contributed by atoms with E-state index in [2.05, 4.69) is 5.18 Å². The van der Waals surface area contributed by atoms with Crippen LogP contribution in [0.25, 0.3) is 0 Å². The fraction of sp³-hybridized carbons (Fsp3) is 0.500. The van der Waals surface area contributed by atoms with Crippen molar-refractivity contribution in [3.63, 3.8) is 0 Å². The number of esters is 1. The Kier molecular flexibility index (Phi) is 7.24. The van der Waals surface area contributed by atoms with Crippen molar-refractivity contribution < 1.29 is 14.3 Å². The fourth-order valence-corrected chi connectivity index (χ4v) is 1.60. The zero-order valence-electron chi connectivity index (χ0n) is 11.1. The third kappa shape index (κ3) is 5.99. The molecule has 0 amide bonds. The Morgan fingerprint density at radius 3 is 2.63 bits per heavy atom. The smallest absolute Gasteiger partial charge is 0.334 e. The lowest BCUT2D eigenvalue weighted by molar-refractivity contribution is -0.144. The normalized spacial score (nSPS) is 11.6. The van der Waals surface area contributed by atoms with Gasteiger partial charge in [-0.2, -0.15) is 0 Å². The molecular weight excluding hydrogens is 246 g/mol. The van der Waals surface area contributed by atoms with E-state index in [1.807, 2.05) is 30.3 Å². The predicted molar refractivity (Wildman–Crippen MR) is 72.0 cm³/mol. The van der Waals surface area contributed by atoms with E-state index >= 15 is 0 Å². The molecular formula is C14H19NO4. The Morgan fingerprint density at radius 2 is 2.00 bits per heavy atom. The molecule has 0 aliphatic carbocycles. The van der Waals surface area contributed by atoms with Crippen molar-refractivity contribution in [2.45, 2.75) is 32.2 Å². The molecule has 5 heteroatoms. The molecule has 1 rings (SSSR count). The lowest BCUT2D eigenvalue weighted by Crippen LogP contribution is -2.21. The van der Waals surface area contributed by atoms with Gasteiger partial charge in [-0.05, 0) is 38.3 Å². The van der Waals surface area contributed by atoms with Crippen LogP contribution in [-0.2, 0) is 9.53 Å². The zero-order chi connectivity index (χ0) is 13.9. The summed E-state index contributed by atoms with van der Waals surface area (Å²) in [6.45, 7) is 2.52. The molecule has 104 valence electrons. The summed E-state index contributed by atoms with van der Waals surface area (Å²) < 4.78 is 10.3. The number of hydrogen-bond donors (Lipinski definition) is 0. The quantitative estimate of drug-likeness (QED) is 0.391. The molecule has 0 aliphatic heterocycles. The minimum absolute atomic E-state index is 0.266. The van der Waals surface area contributed by atoms with Gasteiger partial charge >= 0.3 is 5.97 Å². The first-order valence-electron chi connectivity index (χ1n) is 6.45. The Hall–Kier alpha value is -1.91. The van der Waals surface area contributed by atoms with E-state index in [0.29, 0.717) is 19.4 Å². The molecule has 1 atom stereocenters. The zero-order valence-corrected chi connectivity index (χ0v) is 11.1. The van der Waals surface area contributed by atoms with E-state index in [1.54, 1.807) is 6.92 Å². The van der Waals surface area contributed by atoms with Gasteiger partial charge in [-0.1, -0.05) is 23.4 Å². The third-order valence-electron chi connectivity index (χ3n) is 2.57. The van der Waals surface area contributed by atoms with Crippen LogP contribution in [-0.4, -0.2) is 25.2 Å².